The van der Waals surface area contributed by atoms with Gasteiger partial charge < -0.3 is 5.73 Å². The van der Waals surface area contributed by atoms with Gasteiger partial charge in [0, 0.05) is 0 Å². The van der Waals surface area contributed by atoms with Gasteiger partial charge in [0.2, 0.25) is 0 Å². The van der Waals surface area contributed by atoms with Gasteiger partial charge in [0.1, 0.15) is 0 Å². The summed E-state index contributed by atoms with van der Waals surface area (Å²) >= 11 is 0. The lowest BCUT2D eigenvalue weighted by molar-refractivity contribution is 0.308. The minimum atomic E-state index is 0.158. The summed E-state index contributed by atoms with van der Waals surface area (Å²) in [5.74, 6) is 0.442. The lowest BCUT2D eigenvalue weighted by atomic mass is 9.70. The standard InChI is InChI=1S/C15H19N/c1-15(10-6-5-9-14(15)12-16)11-13-7-3-2-4-8-13/h2-10,14H,11-12,16H2,1H3. The van der Waals surface area contributed by atoms with Crippen LogP contribution in [0.25, 0.3) is 0 Å². The highest BCUT2D eigenvalue weighted by molar-refractivity contribution is 5.25. The molecule has 0 radical (unpaired) electrons. The molecular formula is C15H19N. The van der Waals surface area contributed by atoms with Gasteiger partial charge in [0.05, 0.1) is 0 Å². The van der Waals surface area contributed by atoms with E-state index in [9.17, 15) is 0 Å². The molecule has 0 fully saturated rings. The third-order valence-corrected chi connectivity index (χ3v) is 3.46. The van der Waals surface area contributed by atoms with Gasteiger partial charge in [0.25, 0.3) is 0 Å². The predicted molar refractivity (Wildman–Crippen MR) is 69.1 cm³/mol. The Labute approximate surface area is 97.7 Å². The SMILES string of the molecule is CC1(Cc2ccccc2)C=CC=CC1CN. The van der Waals surface area contributed by atoms with Crippen LogP contribution in [-0.4, -0.2) is 6.54 Å². The minimum Gasteiger partial charge on any atom is -0.330 e. The highest BCUT2D eigenvalue weighted by atomic mass is 14.6. The third kappa shape index (κ3) is 2.25. The van der Waals surface area contributed by atoms with Gasteiger partial charge in [-0.05, 0) is 29.9 Å². The molecular weight excluding hydrogens is 194 g/mol. The fourth-order valence-corrected chi connectivity index (χ4v) is 2.39. The number of nitrogens with two attached hydrogens (primary N) is 1. The van der Waals surface area contributed by atoms with Gasteiger partial charge in [-0.1, -0.05) is 61.6 Å². The van der Waals surface area contributed by atoms with Gasteiger partial charge in [-0.25, -0.2) is 0 Å². The molecule has 2 unspecified atom stereocenters. The second-order valence-corrected chi connectivity index (χ2v) is 4.75. The van der Waals surface area contributed by atoms with Crippen LogP contribution in [0.2, 0.25) is 0 Å². The monoisotopic (exact) mass is 213 g/mol. The molecule has 1 aromatic carbocycles. The number of rotatable bonds is 3. The van der Waals surface area contributed by atoms with Gasteiger partial charge in [-0.15, -0.1) is 0 Å². The maximum absolute atomic E-state index is 5.85. The first-order valence-electron chi connectivity index (χ1n) is 5.84. The normalized spacial score (nSPS) is 28.2. The van der Waals surface area contributed by atoms with E-state index in [0.717, 1.165) is 6.42 Å². The average Bonchev–Trinajstić information content (AvgIpc) is 2.30. The Morgan fingerprint density at radius 2 is 1.94 bits per heavy atom. The summed E-state index contributed by atoms with van der Waals surface area (Å²) in [6.07, 6.45) is 9.80. The zero-order chi connectivity index (χ0) is 11.4. The summed E-state index contributed by atoms with van der Waals surface area (Å²) in [5, 5.41) is 0. The second-order valence-electron chi connectivity index (χ2n) is 4.75. The molecule has 0 saturated carbocycles. The van der Waals surface area contributed by atoms with Crippen LogP contribution in [0.4, 0.5) is 0 Å². The summed E-state index contributed by atoms with van der Waals surface area (Å²) in [7, 11) is 0. The van der Waals surface area contributed by atoms with Crippen molar-refractivity contribution in [1.82, 2.24) is 0 Å². The zero-order valence-corrected chi connectivity index (χ0v) is 9.77. The maximum atomic E-state index is 5.85. The van der Waals surface area contributed by atoms with E-state index in [1.807, 2.05) is 0 Å². The van der Waals surface area contributed by atoms with Gasteiger partial charge in [-0.3, -0.25) is 0 Å². The van der Waals surface area contributed by atoms with E-state index in [2.05, 4.69) is 61.6 Å². The molecule has 1 aliphatic rings. The van der Waals surface area contributed by atoms with Crippen LogP contribution in [0.5, 0.6) is 0 Å². The number of hydrogen-bond acceptors (Lipinski definition) is 1. The molecule has 2 rings (SSSR count). The van der Waals surface area contributed by atoms with E-state index in [-0.39, 0.29) is 5.41 Å². The van der Waals surface area contributed by atoms with Gasteiger partial charge in [0.15, 0.2) is 0 Å². The minimum absolute atomic E-state index is 0.158. The van der Waals surface area contributed by atoms with Crippen molar-refractivity contribution in [1.29, 1.82) is 0 Å². The van der Waals surface area contributed by atoms with Crippen LogP contribution in [0.3, 0.4) is 0 Å². The molecule has 16 heavy (non-hydrogen) atoms. The summed E-state index contributed by atoms with van der Waals surface area (Å²) in [4.78, 5) is 0. The molecule has 0 bridgehead atoms. The maximum Gasteiger partial charge on any atom is -0.000568 e. The number of benzene rings is 1. The van der Waals surface area contributed by atoms with Crippen molar-refractivity contribution in [3.8, 4) is 0 Å². The highest BCUT2D eigenvalue weighted by Crippen LogP contribution is 2.35. The molecule has 1 aromatic rings. The summed E-state index contributed by atoms with van der Waals surface area (Å²) in [6, 6.07) is 10.6. The summed E-state index contributed by atoms with van der Waals surface area (Å²) in [6.45, 7) is 3.00. The Kier molecular flexibility index (Phi) is 3.25. The molecule has 1 heteroatoms. The number of hydrogen-bond donors (Lipinski definition) is 1. The summed E-state index contributed by atoms with van der Waals surface area (Å²) in [5.41, 5.74) is 7.38. The van der Waals surface area contributed by atoms with Gasteiger partial charge >= 0.3 is 0 Å². The molecule has 1 aliphatic carbocycles. The van der Waals surface area contributed by atoms with Crippen molar-refractivity contribution < 1.29 is 0 Å². The van der Waals surface area contributed by atoms with Crippen molar-refractivity contribution in [3.63, 3.8) is 0 Å². The Morgan fingerprint density at radius 1 is 1.19 bits per heavy atom. The van der Waals surface area contributed by atoms with Crippen molar-refractivity contribution in [2.75, 3.05) is 6.54 Å². The van der Waals surface area contributed by atoms with E-state index < -0.39 is 0 Å². The van der Waals surface area contributed by atoms with Crippen LogP contribution < -0.4 is 5.73 Å². The third-order valence-electron chi connectivity index (χ3n) is 3.46. The van der Waals surface area contributed by atoms with Crippen molar-refractivity contribution in [2.45, 2.75) is 13.3 Å². The second kappa shape index (κ2) is 4.67. The van der Waals surface area contributed by atoms with Crippen LogP contribution in [0.1, 0.15) is 12.5 Å². The number of allylic oxidation sites excluding steroid dienone is 3. The predicted octanol–water partition coefficient (Wildman–Crippen LogP) is 2.94. The van der Waals surface area contributed by atoms with E-state index >= 15 is 0 Å². The molecule has 84 valence electrons. The molecule has 2 atom stereocenters. The first-order valence-corrected chi connectivity index (χ1v) is 5.84. The van der Waals surface area contributed by atoms with Crippen LogP contribution in [-0.2, 0) is 6.42 Å². The first kappa shape index (κ1) is 11.2. The van der Waals surface area contributed by atoms with E-state index in [4.69, 9.17) is 5.73 Å². The van der Waals surface area contributed by atoms with Crippen molar-refractivity contribution in [2.24, 2.45) is 17.1 Å². The highest BCUT2D eigenvalue weighted by Gasteiger charge is 2.30. The molecule has 0 saturated heterocycles. The Hall–Kier alpha value is -1.34. The fraction of sp³-hybridized carbons (Fsp3) is 0.333. The first-order chi connectivity index (χ1) is 7.74. The van der Waals surface area contributed by atoms with E-state index in [1.54, 1.807) is 0 Å². The van der Waals surface area contributed by atoms with Crippen molar-refractivity contribution in [3.05, 3.63) is 60.2 Å². The molecule has 0 spiro atoms. The molecule has 0 aromatic heterocycles. The lowest BCUT2D eigenvalue weighted by Crippen LogP contribution is -2.33. The van der Waals surface area contributed by atoms with Crippen LogP contribution in [0, 0.1) is 11.3 Å². The van der Waals surface area contributed by atoms with Crippen molar-refractivity contribution >= 4 is 0 Å². The van der Waals surface area contributed by atoms with Crippen LogP contribution in [0.15, 0.2) is 54.6 Å². The molecule has 0 amide bonds. The largest absolute Gasteiger partial charge is 0.330 e. The Bertz CT molecular complexity index is 391. The topological polar surface area (TPSA) is 26.0 Å². The Balaban J connectivity index is 2.19. The zero-order valence-electron chi connectivity index (χ0n) is 9.77. The lowest BCUT2D eigenvalue weighted by Gasteiger charge is -2.34. The van der Waals surface area contributed by atoms with Gasteiger partial charge in [-0.2, -0.15) is 0 Å². The molecule has 0 heterocycles. The smallest absolute Gasteiger partial charge is 0.000568 e. The quantitative estimate of drug-likeness (QED) is 0.820. The van der Waals surface area contributed by atoms with E-state index in [0.29, 0.717) is 12.5 Å². The molecule has 1 nitrogen and oxygen atoms in total. The van der Waals surface area contributed by atoms with E-state index in [1.165, 1.54) is 5.56 Å². The molecule has 2 N–H and O–H groups in total. The fourth-order valence-electron chi connectivity index (χ4n) is 2.39. The summed E-state index contributed by atoms with van der Waals surface area (Å²) < 4.78 is 0. The average molecular weight is 213 g/mol. The Morgan fingerprint density at radius 3 is 2.62 bits per heavy atom. The van der Waals surface area contributed by atoms with Crippen LogP contribution >= 0.6 is 0 Å². The molecule has 0 aliphatic heterocycles.